The summed E-state index contributed by atoms with van der Waals surface area (Å²) in [5.41, 5.74) is 3.43. The van der Waals surface area contributed by atoms with Crippen molar-refractivity contribution in [3.8, 4) is 11.5 Å². The van der Waals surface area contributed by atoms with Crippen LogP contribution in [0.15, 0.2) is 71.0 Å². The number of hydrogen-bond donors (Lipinski definition) is 0. The number of aryl methyl sites for hydroxylation is 1. The summed E-state index contributed by atoms with van der Waals surface area (Å²) in [6, 6.07) is 17.4. The number of methoxy groups -OCH3 is 1. The molecule has 0 fully saturated rings. The second-order valence-corrected chi connectivity index (χ2v) is 13.4. The van der Waals surface area contributed by atoms with E-state index >= 15 is 4.39 Å². The average molecular weight is 765 g/mol. The molecule has 0 amide bonds. The number of halogens is 4. The summed E-state index contributed by atoms with van der Waals surface area (Å²) in [6.45, 7) is 3.63. The number of esters is 1. The maximum absolute atomic E-state index is 15.2. The molecule has 0 heterocycles. The Hall–Kier alpha value is -2.45. The molecule has 3 aromatic carbocycles. The normalized spacial score (nSPS) is 12.2. The van der Waals surface area contributed by atoms with Crippen LogP contribution in [0.25, 0.3) is 0 Å². The Morgan fingerprint density at radius 2 is 1.68 bits per heavy atom. The fourth-order valence-electron chi connectivity index (χ4n) is 3.52. The molecule has 11 heteroatoms. The molecule has 0 spiro atoms. The van der Waals surface area contributed by atoms with Gasteiger partial charge in [0.15, 0.2) is 5.71 Å². The third-order valence-electron chi connectivity index (χ3n) is 5.37. The molecule has 0 saturated heterocycles. The molecule has 0 unspecified atom stereocenters. The summed E-state index contributed by atoms with van der Waals surface area (Å²) in [5, 5.41) is 8.66. The molecule has 0 aliphatic carbocycles. The van der Waals surface area contributed by atoms with Gasteiger partial charge in [-0.05, 0) is 107 Å². The van der Waals surface area contributed by atoms with E-state index in [1.807, 2.05) is 13.0 Å². The zero-order valence-electron chi connectivity index (χ0n) is 20.9. The van der Waals surface area contributed by atoms with Gasteiger partial charge in [-0.15, -0.1) is 0 Å². The van der Waals surface area contributed by atoms with Crippen molar-refractivity contribution in [1.82, 2.24) is 0 Å². The average Bonchev–Trinajstić information content (AvgIpc) is 2.88. The Bertz CT molecular complexity index is 1360. The molecule has 0 aliphatic heterocycles. The fraction of sp³-hybridized carbons (Fsp3) is 0.222. The molecule has 200 valence electrons. The first kappa shape index (κ1) is 30.1. The van der Waals surface area contributed by atoms with Crippen LogP contribution in [0.3, 0.4) is 0 Å². The number of benzene rings is 3. The second kappa shape index (κ2) is 13.6. The third kappa shape index (κ3) is 7.79. The van der Waals surface area contributed by atoms with Gasteiger partial charge in [0.25, 0.3) is 0 Å². The second-order valence-electron chi connectivity index (χ2n) is 7.93. The van der Waals surface area contributed by atoms with Crippen LogP contribution in [-0.2, 0) is 27.5 Å². The van der Waals surface area contributed by atoms with Crippen LogP contribution >= 0.6 is 56.8 Å². The molecule has 0 aromatic heterocycles. The quantitative estimate of drug-likeness (QED) is 0.0692. The Morgan fingerprint density at radius 3 is 2.32 bits per heavy atom. The molecule has 7 nitrogen and oxygen atoms in total. The highest BCUT2D eigenvalue weighted by Crippen LogP contribution is 2.44. The molecule has 3 rings (SSSR count). The van der Waals surface area contributed by atoms with Crippen LogP contribution < -0.4 is 4.74 Å². The molecule has 0 bridgehead atoms. The zero-order chi connectivity index (χ0) is 27.9. The van der Waals surface area contributed by atoms with E-state index < -0.39 is 7.65 Å². The van der Waals surface area contributed by atoms with Gasteiger partial charge < -0.3 is 19.1 Å². The first-order valence-corrected chi connectivity index (χ1v) is 13.7. The summed E-state index contributed by atoms with van der Waals surface area (Å²) in [5.74, 6) is 0.394. The highest BCUT2D eigenvalue weighted by Gasteiger charge is 2.29. The number of nitrogens with zero attached hydrogens (tertiary/aromatic N) is 2. The van der Waals surface area contributed by atoms with Crippen LogP contribution in [0.2, 0.25) is 5.02 Å². The van der Waals surface area contributed by atoms with Gasteiger partial charge in [0.1, 0.15) is 25.2 Å². The van der Waals surface area contributed by atoms with Gasteiger partial charge in [-0.25, -0.2) is 9.18 Å². The Balaban J connectivity index is 1.88. The molecule has 0 saturated carbocycles. The van der Waals surface area contributed by atoms with E-state index in [4.69, 9.17) is 30.7 Å². The third-order valence-corrected chi connectivity index (χ3v) is 6.79. The summed E-state index contributed by atoms with van der Waals surface area (Å²) >= 11 is 9.37. The molecule has 3 aromatic rings. The van der Waals surface area contributed by atoms with Gasteiger partial charge in [0.05, 0.1) is 12.8 Å². The minimum absolute atomic E-state index is 0.00796. The molecule has 0 atom stereocenters. The standard InChI is InChI=1S/C27H24ClFI2N2O5/c1-16-6-5-7-22(25(33-36-4)26(34)35-3)23(16)15-37-32-17(2)21-13-12-20(14-24(21)27(29,30)31)38-19-10-8-18(28)9-11-19/h5-14H,15H2,1-4H3/b32-17+,33-25+. The summed E-state index contributed by atoms with van der Waals surface area (Å²) in [6.07, 6.45) is 0. The van der Waals surface area contributed by atoms with Gasteiger partial charge in [0.2, 0.25) is 1.68 Å². The number of hydrogen-bond acceptors (Lipinski definition) is 7. The van der Waals surface area contributed by atoms with E-state index in [0.29, 0.717) is 44.5 Å². The fourth-order valence-corrected chi connectivity index (χ4v) is 4.54. The summed E-state index contributed by atoms with van der Waals surface area (Å²) < 4.78 is 24.2. The monoisotopic (exact) mass is 764 g/mol. The van der Waals surface area contributed by atoms with Crippen molar-refractivity contribution in [2.75, 3.05) is 14.2 Å². The SMILES string of the molecule is CO/N=C(/C(=O)OC)c1cccc(C)c1CO/N=C(\C)c1ccc(Oc2ccc(Cl)cc2)cc1C(F)(I)I. The predicted molar refractivity (Wildman–Crippen MR) is 163 cm³/mol. The lowest BCUT2D eigenvalue weighted by Crippen LogP contribution is -2.20. The first-order valence-electron chi connectivity index (χ1n) is 11.1. The van der Waals surface area contributed by atoms with E-state index in [1.54, 1.807) is 107 Å². The van der Waals surface area contributed by atoms with Crippen molar-refractivity contribution in [3.63, 3.8) is 0 Å². The van der Waals surface area contributed by atoms with E-state index in [9.17, 15) is 4.79 Å². The highest BCUT2D eigenvalue weighted by molar-refractivity contribution is 14.2. The molecular weight excluding hydrogens is 741 g/mol. The highest BCUT2D eigenvalue weighted by atomic mass is 127. The molecule has 38 heavy (non-hydrogen) atoms. The number of alkyl halides is 3. The number of rotatable bonds is 10. The van der Waals surface area contributed by atoms with Crippen LogP contribution in [-0.4, -0.2) is 31.6 Å². The lowest BCUT2D eigenvalue weighted by molar-refractivity contribution is -0.132. The smallest absolute Gasteiger partial charge is 0.360 e. The Morgan fingerprint density at radius 1 is 1.00 bits per heavy atom. The first-order chi connectivity index (χ1) is 18.0. The number of ether oxygens (including phenoxy) is 2. The molecule has 0 aliphatic rings. The number of oxime groups is 2. The van der Waals surface area contributed by atoms with E-state index in [0.717, 1.165) is 5.56 Å². The van der Waals surface area contributed by atoms with E-state index in [1.165, 1.54) is 14.2 Å². The maximum Gasteiger partial charge on any atom is 0.360 e. The van der Waals surface area contributed by atoms with Gasteiger partial charge in [0, 0.05) is 27.3 Å². The van der Waals surface area contributed by atoms with Crippen molar-refractivity contribution >= 4 is 74.2 Å². The Labute approximate surface area is 252 Å². The van der Waals surface area contributed by atoms with Gasteiger partial charge in [-0.3, -0.25) is 0 Å². The largest absolute Gasteiger partial charge is 0.464 e. The van der Waals surface area contributed by atoms with Crippen LogP contribution in [0, 0.1) is 6.92 Å². The molecule has 0 radical (unpaired) electrons. The van der Waals surface area contributed by atoms with Gasteiger partial charge in [-0.1, -0.05) is 40.1 Å². The zero-order valence-corrected chi connectivity index (χ0v) is 26.0. The van der Waals surface area contributed by atoms with Crippen LogP contribution in [0.5, 0.6) is 11.5 Å². The lowest BCUT2D eigenvalue weighted by Gasteiger charge is -2.18. The van der Waals surface area contributed by atoms with Crippen molar-refractivity contribution in [2.45, 2.75) is 22.1 Å². The maximum atomic E-state index is 15.2. The van der Waals surface area contributed by atoms with Crippen molar-refractivity contribution in [1.29, 1.82) is 0 Å². The molecule has 0 N–H and O–H groups in total. The minimum atomic E-state index is -1.74. The van der Waals surface area contributed by atoms with Crippen molar-refractivity contribution < 1.29 is 28.3 Å². The Kier molecular flexibility index (Phi) is 10.7. The van der Waals surface area contributed by atoms with Crippen molar-refractivity contribution in [3.05, 3.63) is 93.5 Å². The van der Waals surface area contributed by atoms with Crippen LogP contribution in [0.1, 0.15) is 34.7 Å². The minimum Gasteiger partial charge on any atom is -0.464 e. The number of carbonyl (C=O) groups excluding carboxylic acids is 1. The lowest BCUT2D eigenvalue weighted by atomic mass is 9.99. The van der Waals surface area contributed by atoms with Gasteiger partial charge >= 0.3 is 5.97 Å². The number of carbonyl (C=O) groups is 1. The van der Waals surface area contributed by atoms with E-state index in [2.05, 4.69) is 10.3 Å². The van der Waals surface area contributed by atoms with Crippen LogP contribution in [0.4, 0.5) is 4.39 Å². The van der Waals surface area contributed by atoms with Crippen molar-refractivity contribution in [2.24, 2.45) is 10.3 Å². The van der Waals surface area contributed by atoms with E-state index in [-0.39, 0.29) is 12.3 Å². The predicted octanol–water partition coefficient (Wildman–Crippen LogP) is 7.85. The molecular formula is C27H24ClFI2N2O5. The summed E-state index contributed by atoms with van der Waals surface area (Å²) in [4.78, 5) is 22.8. The summed E-state index contributed by atoms with van der Waals surface area (Å²) in [7, 11) is 2.61. The topological polar surface area (TPSA) is 78.7 Å². The van der Waals surface area contributed by atoms with Gasteiger partial charge in [-0.2, -0.15) is 0 Å².